The molecule has 0 saturated heterocycles. The Labute approximate surface area is 86.0 Å². The van der Waals surface area contributed by atoms with Gasteiger partial charge in [0.05, 0.1) is 0 Å². The fraction of sp³-hybridized carbons (Fsp3) is 0.900. The van der Waals surface area contributed by atoms with Crippen molar-refractivity contribution >= 4 is 17.5 Å². The van der Waals surface area contributed by atoms with E-state index in [1.54, 1.807) is 0 Å². The van der Waals surface area contributed by atoms with Crippen LogP contribution in [0, 0.1) is 17.8 Å². The molecular formula is C10H20ClNO. The summed E-state index contributed by atoms with van der Waals surface area (Å²) in [5, 5.41) is 2.89. The molecule has 0 aromatic carbocycles. The second-order valence-electron chi connectivity index (χ2n) is 4.02. The van der Waals surface area contributed by atoms with Gasteiger partial charge in [-0.3, -0.25) is 4.79 Å². The first-order chi connectivity index (χ1) is 5.99. The zero-order valence-corrected chi connectivity index (χ0v) is 9.69. The SMILES string of the molecule is CC(CCl)C(=O)NCC(C)C(C)C. The number of carbonyl (C=O) groups excluding carboxylic acids is 1. The number of hydrogen-bond acceptors (Lipinski definition) is 1. The Kier molecular flexibility index (Phi) is 6.13. The van der Waals surface area contributed by atoms with Crippen molar-refractivity contribution in [3.8, 4) is 0 Å². The molecule has 78 valence electrons. The molecule has 1 amide bonds. The number of amides is 1. The summed E-state index contributed by atoms with van der Waals surface area (Å²) < 4.78 is 0. The highest BCUT2D eigenvalue weighted by molar-refractivity contribution is 6.19. The molecule has 0 aliphatic rings. The molecule has 0 rings (SSSR count). The van der Waals surface area contributed by atoms with Crippen LogP contribution in [0.25, 0.3) is 0 Å². The topological polar surface area (TPSA) is 29.1 Å². The maximum absolute atomic E-state index is 11.3. The Morgan fingerprint density at radius 1 is 1.31 bits per heavy atom. The van der Waals surface area contributed by atoms with Crippen LogP contribution in [0.1, 0.15) is 27.7 Å². The minimum Gasteiger partial charge on any atom is -0.356 e. The van der Waals surface area contributed by atoms with Crippen LogP contribution in [0.5, 0.6) is 0 Å². The van der Waals surface area contributed by atoms with Crippen molar-refractivity contribution in [2.24, 2.45) is 17.8 Å². The van der Waals surface area contributed by atoms with E-state index < -0.39 is 0 Å². The van der Waals surface area contributed by atoms with Gasteiger partial charge in [-0.1, -0.05) is 27.7 Å². The van der Waals surface area contributed by atoms with Gasteiger partial charge in [0.1, 0.15) is 0 Å². The van der Waals surface area contributed by atoms with Gasteiger partial charge in [0.25, 0.3) is 0 Å². The summed E-state index contributed by atoms with van der Waals surface area (Å²) in [5.74, 6) is 1.49. The monoisotopic (exact) mass is 205 g/mol. The van der Waals surface area contributed by atoms with Crippen molar-refractivity contribution in [1.82, 2.24) is 5.32 Å². The molecular weight excluding hydrogens is 186 g/mol. The van der Waals surface area contributed by atoms with E-state index in [0.29, 0.717) is 17.7 Å². The van der Waals surface area contributed by atoms with E-state index in [4.69, 9.17) is 11.6 Å². The van der Waals surface area contributed by atoms with Gasteiger partial charge >= 0.3 is 0 Å². The third-order valence-corrected chi connectivity index (χ3v) is 2.88. The molecule has 0 saturated carbocycles. The number of halogens is 1. The lowest BCUT2D eigenvalue weighted by atomic mass is 9.98. The molecule has 0 bridgehead atoms. The summed E-state index contributed by atoms with van der Waals surface area (Å²) in [5.41, 5.74) is 0. The molecule has 2 nitrogen and oxygen atoms in total. The van der Waals surface area contributed by atoms with E-state index >= 15 is 0 Å². The molecule has 0 radical (unpaired) electrons. The van der Waals surface area contributed by atoms with Gasteiger partial charge in [0, 0.05) is 18.3 Å². The molecule has 1 N–H and O–H groups in total. The predicted molar refractivity (Wildman–Crippen MR) is 56.9 cm³/mol. The highest BCUT2D eigenvalue weighted by Gasteiger charge is 2.13. The minimum atomic E-state index is -0.0824. The first-order valence-corrected chi connectivity index (χ1v) is 5.36. The van der Waals surface area contributed by atoms with Gasteiger partial charge in [-0.05, 0) is 11.8 Å². The first-order valence-electron chi connectivity index (χ1n) is 4.82. The zero-order valence-electron chi connectivity index (χ0n) is 8.93. The number of nitrogens with one attached hydrogen (secondary N) is 1. The van der Waals surface area contributed by atoms with Crippen molar-refractivity contribution in [3.05, 3.63) is 0 Å². The fourth-order valence-electron chi connectivity index (χ4n) is 0.742. The molecule has 13 heavy (non-hydrogen) atoms. The lowest BCUT2D eigenvalue weighted by molar-refractivity contribution is -0.124. The van der Waals surface area contributed by atoms with E-state index in [2.05, 4.69) is 26.1 Å². The normalized spacial score (nSPS) is 15.5. The van der Waals surface area contributed by atoms with Crippen LogP contribution < -0.4 is 5.32 Å². The Morgan fingerprint density at radius 3 is 2.23 bits per heavy atom. The third kappa shape index (κ3) is 5.14. The van der Waals surface area contributed by atoms with Crippen molar-refractivity contribution < 1.29 is 4.79 Å². The molecule has 0 aliphatic heterocycles. The van der Waals surface area contributed by atoms with Crippen molar-refractivity contribution in [2.45, 2.75) is 27.7 Å². The second kappa shape index (κ2) is 6.25. The minimum absolute atomic E-state index is 0.0579. The predicted octanol–water partition coefficient (Wildman–Crippen LogP) is 2.27. The van der Waals surface area contributed by atoms with E-state index in [9.17, 15) is 4.79 Å². The summed E-state index contributed by atoms with van der Waals surface area (Å²) in [4.78, 5) is 11.3. The third-order valence-electron chi connectivity index (χ3n) is 2.42. The molecule has 0 aliphatic carbocycles. The maximum atomic E-state index is 11.3. The van der Waals surface area contributed by atoms with E-state index in [-0.39, 0.29) is 11.8 Å². The average Bonchev–Trinajstić information content (AvgIpc) is 2.11. The summed E-state index contributed by atoms with van der Waals surface area (Å²) >= 11 is 5.56. The molecule has 2 atom stereocenters. The number of hydrogen-bond donors (Lipinski definition) is 1. The van der Waals surface area contributed by atoms with Gasteiger partial charge in [-0.15, -0.1) is 11.6 Å². The summed E-state index contributed by atoms with van der Waals surface area (Å²) in [7, 11) is 0. The Hall–Kier alpha value is -0.240. The smallest absolute Gasteiger partial charge is 0.224 e. The quantitative estimate of drug-likeness (QED) is 0.686. The van der Waals surface area contributed by atoms with Gasteiger partial charge in [0.15, 0.2) is 0 Å². The standard InChI is InChI=1S/C10H20ClNO/c1-7(2)9(4)6-12-10(13)8(3)5-11/h7-9H,5-6H2,1-4H3,(H,12,13). The molecule has 0 fully saturated rings. The van der Waals surface area contributed by atoms with Crippen LogP contribution in [-0.4, -0.2) is 18.3 Å². The number of alkyl halides is 1. The largest absolute Gasteiger partial charge is 0.356 e. The van der Waals surface area contributed by atoms with Gasteiger partial charge < -0.3 is 5.32 Å². The van der Waals surface area contributed by atoms with Gasteiger partial charge in [-0.2, -0.15) is 0 Å². The van der Waals surface area contributed by atoms with E-state index in [1.165, 1.54) is 0 Å². The lowest BCUT2D eigenvalue weighted by Crippen LogP contribution is -2.34. The van der Waals surface area contributed by atoms with Crippen LogP contribution in [-0.2, 0) is 4.79 Å². The van der Waals surface area contributed by atoms with Crippen LogP contribution >= 0.6 is 11.6 Å². The number of carbonyl (C=O) groups is 1. The molecule has 0 heterocycles. The summed E-state index contributed by atoms with van der Waals surface area (Å²) in [6.07, 6.45) is 0. The van der Waals surface area contributed by atoms with Crippen molar-refractivity contribution in [3.63, 3.8) is 0 Å². The van der Waals surface area contributed by atoms with Crippen LogP contribution in [0.2, 0.25) is 0 Å². The Balaban J connectivity index is 3.70. The van der Waals surface area contributed by atoms with Gasteiger partial charge in [0.2, 0.25) is 5.91 Å². The molecule has 3 heteroatoms. The van der Waals surface area contributed by atoms with Crippen LogP contribution in [0.4, 0.5) is 0 Å². The van der Waals surface area contributed by atoms with E-state index in [1.807, 2.05) is 6.92 Å². The van der Waals surface area contributed by atoms with Gasteiger partial charge in [-0.25, -0.2) is 0 Å². The zero-order chi connectivity index (χ0) is 10.4. The molecule has 0 aromatic rings. The summed E-state index contributed by atoms with van der Waals surface area (Å²) in [6, 6.07) is 0. The van der Waals surface area contributed by atoms with Crippen molar-refractivity contribution in [2.75, 3.05) is 12.4 Å². The maximum Gasteiger partial charge on any atom is 0.224 e. The molecule has 0 spiro atoms. The Bertz CT molecular complexity index is 159. The van der Waals surface area contributed by atoms with Crippen molar-refractivity contribution in [1.29, 1.82) is 0 Å². The fourth-order valence-corrected chi connectivity index (χ4v) is 0.882. The van der Waals surface area contributed by atoms with Crippen LogP contribution in [0.15, 0.2) is 0 Å². The van der Waals surface area contributed by atoms with Crippen LogP contribution in [0.3, 0.4) is 0 Å². The first kappa shape index (κ1) is 12.8. The molecule has 2 unspecified atom stereocenters. The average molecular weight is 206 g/mol. The molecule has 0 aromatic heterocycles. The highest BCUT2D eigenvalue weighted by Crippen LogP contribution is 2.08. The number of rotatable bonds is 5. The van der Waals surface area contributed by atoms with E-state index in [0.717, 1.165) is 6.54 Å². The lowest BCUT2D eigenvalue weighted by Gasteiger charge is -2.17. The summed E-state index contributed by atoms with van der Waals surface area (Å²) in [6.45, 7) is 9.03. The second-order valence-corrected chi connectivity index (χ2v) is 4.33. The Morgan fingerprint density at radius 2 is 1.85 bits per heavy atom. The highest BCUT2D eigenvalue weighted by atomic mass is 35.5.